The van der Waals surface area contributed by atoms with Crippen LogP contribution >= 0.6 is 0 Å². The highest BCUT2D eigenvalue weighted by Crippen LogP contribution is 2.39. The van der Waals surface area contributed by atoms with Gasteiger partial charge in [0.25, 0.3) is 0 Å². The third kappa shape index (κ3) is 5.86. The first-order chi connectivity index (χ1) is 14.8. The molecule has 0 aromatic heterocycles. The van der Waals surface area contributed by atoms with Crippen molar-refractivity contribution in [2.24, 2.45) is 5.92 Å². The first-order valence-corrected chi connectivity index (χ1v) is 10.8. The van der Waals surface area contributed by atoms with Crippen molar-refractivity contribution in [1.29, 1.82) is 5.26 Å². The fourth-order valence-corrected chi connectivity index (χ4v) is 4.39. The topological polar surface area (TPSA) is 33.0 Å². The first-order valence-electron chi connectivity index (χ1n) is 10.8. The number of hydrogen-bond donors (Lipinski definition) is 0. The number of alkyl halides is 2. The maximum absolute atomic E-state index is 14.5. The number of nitrogens with zero attached hydrogens (tertiary/aromatic N) is 1. The minimum Gasteiger partial charge on any atom is -0.316 e. The van der Waals surface area contributed by atoms with Gasteiger partial charge in [0.1, 0.15) is 17.7 Å². The van der Waals surface area contributed by atoms with Gasteiger partial charge in [-0.15, -0.1) is 0 Å². The predicted octanol–water partition coefficient (Wildman–Crippen LogP) is 7.22. The monoisotopic (exact) mass is 433 g/mol. The van der Waals surface area contributed by atoms with Gasteiger partial charge in [-0.05, 0) is 79.3 Å². The van der Waals surface area contributed by atoms with Crippen LogP contribution in [0.1, 0.15) is 73.6 Å². The number of benzene rings is 2. The number of hydrogen-bond acceptors (Lipinski definition) is 2. The zero-order valence-corrected chi connectivity index (χ0v) is 17.6. The highest BCUT2D eigenvalue weighted by molar-refractivity contribution is 5.33. The Morgan fingerprint density at radius 3 is 2.39 bits per heavy atom. The van der Waals surface area contributed by atoms with E-state index in [1.54, 1.807) is 12.1 Å². The van der Waals surface area contributed by atoms with Crippen LogP contribution in [0.4, 0.5) is 17.6 Å². The fraction of sp³-hybridized carbons (Fsp3) is 0.480. The van der Waals surface area contributed by atoms with Gasteiger partial charge in [0.15, 0.2) is 0 Å². The molecule has 0 radical (unpaired) electrons. The van der Waals surface area contributed by atoms with Crippen molar-refractivity contribution in [3.05, 3.63) is 70.3 Å². The molecule has 0 atom stereocenters. The van der Waals surface area contributed by atoms with Crippen LogP contribution in [-0.2, 0) is 17.3 Å². The molecule has 0 N–H and O–H groups in total. The molecule has 6 heteroatoms. The minimum atomic E-state index is -3.79. The molecule has 166 valence electrons. The van der Waals surface area contributed by atoms with E-state index >= 15 is 0 Å². The summed E-state index contributed by atoms with van der Waals surface area (Å²) in [6.07, 6.45) is 2.70. The Bertz CT molecular complexity index is 930. The molecule has 0 bridgehead atoms. The molecular formula is C25H27F4NO. The lowest BCUT2D eigenvalue weighted by molar-refractivity contribution is -0.249. The van der Waals surface area contributed by atoms with Gasteiger partial charge in [0.2, 0.25) is 0 Å². The third-order valence-electron chi connectivity index (χ3n) is 6.15. The molecule has 2 aromatic carbocycles. The summed E-state index contributed by atoms with van der Waals surface area (Å²) >= 11 is 0. The lowest BCUT2D eigenvalue weighted by Gasteiger charge is -2.29. The molecule has 31 heavy (non-hydrogen) atoms. The largest absolute Gasteiger partial charge is 0.386 e. The highest BCUT2D eigenvalue weighted by atomic mass is 19.3. The van der Waals surface area contributed by atoms with E-state index in [9.17, 15) is 17.6 Å². The summed E-state index contributed by atoms with van der Waals surface area (Å²) in [5.74, 6) is -0.759. The predicted molar refractivity (Wildman–Crippen MR) is 111 cm³/mol. The molecule has 3 rings (SSSR count). The van der Waals surface area contributed by atoms with Crippen LogP contribution < -0.4 is 0 Å². The molecule has 1 aliphatic carbocycles. The van der Waals surface area contributed by atoms with Crippen molar-refractivity contribution in [2.75, 3.05) is 6.61 Å². The van der Waals surface area contributed by atoms with Crippen LogP contribution in [0.5, 0.6) is 0 Å². The van der Waals surface area contributed by atoms with Crippen molar-refractivity contribution >= 4 is 0 Å². The zero-order valence-electron chi connectivity index (χ0n) is 17.6. The van der Waals surface area contributed by atoms with E-state index in [-0.39, 0.29) is 17.9 Å². The molecule has 0 saturated heterocycles. The highest BCUT2D eigenvalue weighted by Gasteiger charge is 2.36. The van der Waals surface area contributed by atoms with Crippen LogP contribution in [0.3, 0.4) is 0 Å². The van der Waals surface area contributed by atoms with Gasteiger partial charge in [-0.25, -0.2) is 8.78 Å². The maximum Gasteiger partial charge on any atom is 0.386 e. The number of nitriles is 1. The van der Waals surface area contributed by atoms with Crippen molar-refractivity contribution in [1.82, 2.24) is 0 Å². The maximum atomic E-state index is 14.5. The van der Waals surface area contributed by atoms with Gasteiger partial charge in [-0.2, -0.15) is 14.0 Å². The van der Waals surface area contributed by atoms with E-state index in [1.165, 1.54) is 24.6 Å². The quantitative estimate of drug-likeness (QED) is 0.412. The number of rotatable bonds is 8. The van der Waals surface area contributed by atoms with E-state index in [4.69, 9.17) is 5.26 Å². The summed E-state index contributed by atoms with van der Waals surface area (Å²) in [6, 6.07) is 9.49. The van der Waals surface area contributed by atoms with Crippen molar-refractivity contribution < 1.29 is 22.3 Å². The molecule has 0 unspecified atom stereocenters. The van der Waals surface area contributed by atoms with Gasteiger partial charge in [0, 0.05) is 0 Å². The van der Waals surface area contributed by atoms with Gasteiger partial charge in [-0.1, -0.05) is 31.9 Å². The SMILES string of the molecule is CCCC1CCC(c2ccc(C(F)(F)OCCc3ccc(C#N)c(F)c3)c(F)c2)CC1. The van der Waals surface area contributed by atoms with Crippen molar-refractivity contribution in [3.63, 3.8) is 0 Å². The molecule has 1 fully saturated rings. The summed E-state index contributed by atoms with van der Waals surface area (Å²) < 4.78 is 61.7. The zero-order chi connectivity index (χ0) is 22.4. The Morgan fingerprint density at radius 1 is 1.03 bits per heavy atom. The second-order valence-electron chi connectivity index (χ2n) is 8.29. The van der Waals surface area contributed by atoms with Crippen LogP contribution in [0.2, 0.25) is 0 Å². The van der Waals surface area contributed by atoms with Crippen molar-refractivity contribution in [2.45, 2.75) is 63.9 Å². The third-order valence-corrected chi connectivity index (χ3v) is 6.15. The minimum absolute atomic E-state index is 0.0128. The lowest BCUT2D eigenvalue weighted by Crippen LogP contribution is -2.22. The molecular weight excluding hydrogens is 406 g/mol. The van der Waals surface area contributed by atoms with Gasteiger partial charge in [0.05, 0.1) is 17.7 Å². The smallest absolute Gasteiger partial charge is 0.316 e. The summed E-state index contributed by atoms with van der Waals surface area (Å²) in [5.41, 5.74) is 0.278. The Hall–Kier alpha value is -2.39. The molecule has 0 heterocycles. The molecule has 0 amide bonds. The summed E-state index contributed by atoms with van der Waals surface area (Å²) in [6.45, 7) is 1.76. The van der Waals surface area contributed by atoms with Gasteiger partial charge >= 0.3 is 6.11 Å². The average Bonchev–Trinajstić information content (AvgIpc) is 2.74. The van der Waals surface area contributed by atoms with E-state index in [0.29, 0.717) is 11.5 Å². The first kappa shape index (κ1) is 23.3. The lowest BCUT2D eigenvalue weighted by atomic mass is 9.77. The average molecular weight is 433 g/mol. The van der Waals surface area contributed by atoms with Gasteiger partial charge < -0.3 is 4.74 Å². The standard InChI is InChI=1S/C25H27F4NO/c1-2-3-17-4-7-19(8-5-17)20-10-11-22(24(27)15-20)25(28,29)31-13-12-18-6-9-21(16-30)23(26)14-18/h6,9-11,14-15,17,19H,2-5,7-8,12-13H2,1H3. The Kier molecular flexibility index (Phi) is 7.72. The fourth-order valence-electron chi connectivity index (χ4n) is 4.39. The second kappa shape index (κ2) is 10.3. The van der Waals surface area contributed by atoms with Crippen LogP contribution in [0.25, 0.3) is 0 Å². The Balaban J connectivity index is 1.59. The van der Waals surface area contributed by atoms with Crippen molar-refractivity contribution in [3.8, 4) is 6.07 Å². The number of halogens is 4. The van der Waals surface area contributed by atoms with E-state index in [1.807, 2.05) is 0 Å². The van der Waals surface area contributed by atoms with E-state index < -0.39 is 29.9 Å². The van der Waals surface area contributed by atoms with Crippen LogP contribution in [0.15, 0.2) is 36.4 Å². The van der Waals surface area contributed by atoms with Crippen LogP contribution in [0, 0.1) is 28.9 Å². The van der Waals surface area contributed by atoms with E-state index in [0.717, 1.165) is 49.8 Å². The number of ether oxygens (including phenoxy) is 1. The summed E-state index contributed by atoms with van der Waals surface area (Å²) in [4.78, 5) is 0. The Morgan fingerprint density at radius 2 is 1.77 bits per heavy atom. The molecule has 2 aromatic rings. The second-order valence-corrected chi connectivity index (χ2v) is 8.29. The molecule has 0 spiro atoms. The molecule has 2 nitrogen and oxygen atoms in total. The molecule has 0 aliphatic heterocycles. The van der Waals surface area contributed by atoms with Gasteiger partial charge in [-0.3, -0.25) is 0 Å². The molecule has 1 saturated carbocycles. The normalized spacial score (nSPS) is 19.2. The summed E-state index contributed by atoms with van der Waals surface area (Å²) in [7, 11) is 0. The molecule has 1 aliphatic rings. The Labute approximate surface area is 180 Å². The van der Waals surface area contributed by atoms with E-state index in [2.05, 4.69) is 11.7 Å². The van der Waals surface area contributed by atoms with Crippen LogP contribution in [-0.4, -0.2) is 6.61 Å². The summed E-state index contributed by atoms with van der Waals surface area (Å²) in [5, 5.41) is 8.73.